The molecular weight excluding hydrogens is 392 g/mol. The molecule has 0 atom stereocenters. The average Bonchev–Trinajstić information content (AvgIpc) is 2.48. The zero-order valence-electron chi connectivity index (χ0n) is 13.5. The van der Waals surface area contributed by atoms with Crippen LogP contribution in [0.3, 0.4) is 0 Å². The minimum atomic E-state index is -3.65. The van der Waals surface area contributed by atoms with E-state index in [1.807, 2.05) is 14.1 Å². The van der Waals surface area contributed by atoms with Gasteiger partial charge in [0.25, 0.3) is 10.0 Å². The lowest BCUT2D eigenvalue weighted by atomic mass is 10.1. The molecule has 3 rings (SSSR count). The summed E-state index contributed by atoms with van der Waals surface area (Å²) in [6.45, 7) is 1.64. The van der Waals surface area contributed by atoms with Gasteiger partial charge >= 0.3 is 0 Å². The first-order valence-corrected chi connectivity index (χ1v) is 9.79. The predicted molar refractivity (Wildman–Crippen MR) is 101 cm³/mol. The number of hydrogen-bond donors (Lipinski definition) is 1. The molecule has 1 aromatic carbocycles. The lowest BCUT2D eigenvalue weighted by Crippen LogP contribution is -2.57. The van der Waals surface area contributed by atoms with E-state index >= 15 is 0 Å². The highest BCUT2D eigenvalue weighted by Crippen LogP contribution is 2.32. The molecule has 1 N–H and O–H groups in total. The second kappa shape index (κ2) is 6.70. The highest BCUT2D eigenvalue weighted by molar-refractivity contribution is 9.10. The Bertz CT molecular complexity index is 827. The van der Waals surface area contributed by atoms with Crippen LogP contribution < -0.4 is 9.62 Å². The van der Waals surface area contributed by atoms with E-state index in [1.165, 1.54) is 0 Å². The molecule has 24 heavy (non-hydrogen) atoms. The number of anilines is 2. The van der Waals surface area contributed by atoms with Gasteiger partial charge in [-0.15, -0.1) is 0 Å². The SMILES string of the molecule is CN(C)C1CN(c2ncc(Br)cc2NS(=O)(=O)c2ccccc2)C1.[HH]. The summed E-state index contributed by atoms with van der Waals surface area (Å²) in [5.41, 5.74) is 0.477. The van der Waals surface area contributed by atoms with Gasteiger partial charge in [-0.2, -0.15) is 0 Å². The van der Waals surface area contributed by atoms with E-state index in [2.05, 4.69) is 35.4 Å². The van der Waals surface area contributed by atoms with E-state index in [1.54, 1.807) is 42.6 Å². The second-order valence-corrected chi connectivity index (χ2v) is 8.56. The summed E-state index contributed by atoms with van der Waals surface area (Å²) >= 11 is 3.36. The number of nitrogens with zero attached hydrogens (tertiary/aromatic N) is 3. The van der Waals surface area contributed by atoms with Crippen molar-refractivity contribution < 1.29 is 9.84 Å². The molecule has 8 heteroatoms. The molecule has 0 aliphatic carbocycles. The first-order valence-electron chi connectivity index (χ1n) is 7.51. The van der Waals surface area contributed by atoms with Gasteiger partial charge in [0.05, 0.1) is 10.6 Å². The van der Waals surface area contributed by atoms with Crippen LogP contribution in [-0.4, -0.2) is 51.5 Å². The van der Waals surface area contributed by atoms with Gasteiger partial charge in [-0.3, -0.25) is 4.72 Å². The van der Waals surface area contributed by atoms with Crippen LogP contribution in [-0.2, 0) is 10.0 Å². The van der Waals surface area contributed by atoms with Gasteiger partial charge in [0.1, 0.15) is 0 Å². The van der Waals surface area contributed by atoms with Gasteiger partial charge in [0.2, 0.25) is 0 Å². The van der Waals surface area contributed by atoms with Crippen LogP contribution in [0.15, 0.2) is 52.0 Å². The molecule has 0 amide bonds. The van der Waals surface area contributed by atoms with Gasteiger partial charge in [-0.25, -0.2) is 13.4 Å². The molecule has 1 saturated heterocycles. The largest absolute Gasteiger partial charge is 0.352 e. The maximum atomic E-state index is 12.6. The third-order valence-corrected chi connectivity index (χ3v) is 5.84. The predicted octanol–water partition coefficient (Wildman–Crippen LogP) is 2.64. The van der Waals surface area contributed by atoms with E-state index in [4.69, 9.17) is 0 Å². The minimum Gasteiger partial charge on any atom is -0.352 e. The maximum absolute atomic E-state index is 12.6. The number of halogens is 1. The van der Waals surface area contributed by atoms with Crippen LogP contribution in [0, 0.1) is 0 Å². The normalized spacial score (nSPS) is 15.4. The molecule has 0 spiro atoms. The summed E-state index contributed by atoms with van der Waals surface area (Å²) < 4.78 is 28.6. The lowest BCUT2D eigenvalue weighted by Gasteiger charge is -2.44. The van der Waals surface area contributed by atoms with Crippen molar-refractivity contribution in [2.45, 2.75) is 10.9 Å². The first kappa shape index (κ1) is 17.2. The smallest absolute Gasteiger partial charge is 0.262 e. The highest BCUT2D eigenvalue weighted by atomic mass is 79.9. The molecule has 6 nitrogen and oxygen atoms in total. The summed E-state index contributed by atoms with van der Waals surface area (Å²) in [7, 11) is 0.427. The molecule has 1 aliphatic rings. The quantitative estimate of drug-likeness (QED) is 0.817. The Labute approximate surface area is 152 Å². The van der Waals surface area contributed by atoms with Crippen LogP contribution in [0.1, 0.15) is 1.43 Å². The minimum absolute atomic E-state index is 0. The fourth-order valence-corrected chi connectivity index (χ4v) is 3.92. The Morgan fingerprint density at radius 2 is 1.96 bits per heavy atom. The van der Waals surface area contributed by atoms with Crippen molar-refractivity contribution in [2.24, 2.45) is 0 Å². The van der Waals surface area contributed by atoms with E-state index in [0.717, 1.165) is 17.6 Å². The monoisotopic (exact) mass is 412 g/mol. The molecule has 0 radical (unpaired) electrons. The van der Waals surface area contributed by atoms with Crippen molar-refractivity contribution in [2.75, 3.05) is 36.8 Å². The molecule has 2 heterocycles. The van der Waals surface area contributed by atoms with Crippen molar-refractivity contribution in [1.82, 2.24) is 9.88 Å². The molecule has 0 saturated carbocycles. The van der Waals surface area contributed by atoms with Crippen molar-refractivity contribution >= 4 is 37.5 Å². The molecule has 0 bridgehead atoms. The summed E-state index contributed by atoms with van der Waals surface area (Å²) in [6, 6.07) is 10.5. The Hall–Kier alpha value is -1.64. The Morgan fingerprint density at radius 3 is 2.58 bits per heavy atom. The van der Waals surface area contributed by atoms with Crippen molar-refractivity contribution in [3.63, 3.8) is 0 Å². The van der Waals surface area contributed by atoms with E-state index in [-0.39, 0.29) is 6.32 Å². The first-order chi connectivity index (χ1) is 11.4. The van der Waals surface area contributed by atoms with E-state index in [0.29, 0.717) is 17.5 Å². The fourth-order valence-electron chi connectivity index (χ4n) is 2.52. The summed E-state index contributed by atoms with van der Waals surface area (Å²) in [6.07, 6.45) is 1.68. The van der Waals surface area contributed by atoms with E-state index < -0.39 is 10.0 Å². The van der Waals surface area contributed by atoms with Gasteiger partial charge in [-0.1, -0.05) is 18.2 Å². The maximum Gasteiger partial charge on any atom is 0.262 e. The summed E-state index contributed by atoms with van der Waals surface area (Å²) in [5.74, 6) is 0.649. The van der Waals surface area contributed by atoms with Gasteiger partial charge in [0, 0.05) is 31.2 Å². The molecule has 1 aliphatic heterocycles. The van der Waals surface area contributed by atoms with Crippen molar-refractivity contribution in [1.29, 1.82) is 0 Å². The van der Waals surface area contributed by atoms with Gasteiger partial charge < -0.3 is 9.80 Å². The Kier molecular flexibility index (Phi) is 4.80. The number of sulfonamides is 1. The topological polar surface area (TPSA) is 65.5 Å². The second-order valence-electron chi connectivity index (χ2n) is 5.97. The number of aromatic nitrogens is 1. The molecule has 2 aromatic rings. The van der Waals surface area contributed by atoms with Crippen LogP contribution in [0.4, 0.5) is 11.5 Å². The van der Waals surface area contributed by atoms with Crippen molar-refractivity contribution in [3.05, 3.63) is 47.1 Å². The average molecular weight is 413 g/mol. The number of rotatable bonds is 5. The van der Waals surface area contributed by atoms with Crippen molar-refractivity contribution in [3.8, 4) is 0 Å². The zero-order valence-corrected chi connectivity index (χ0v) is 15.9. The molecule has 1 fully saturated rings. The number of pyridine rings is 1. The number of nitrogens with one attached hydrogen (secondary N) is 1. The number of benzene rings is 1. The van der Waals surface area contributed by atoms with Crippen LogP contribution >= 0.6 is 15.9 Å². The number of likely N-dealkylation sites (N-methyl/N-ethyl adjacent to an activating group) is 1. The fraction of sp³-hybridized carbons (Fsp3) is 0.312. The Morgan fingerprint density at radius 1 is 1.29 bits per heavy atom. The Balaban J connectivity index is 0.00000225. The van der Waals surface area contributed by atoms with Crippen LogP contribution in [0.5, 0.6) is 0 Å². The molecule has 1 aromatic heterocycles. The highest BCUT2D eigenvalue weighted by Gasteiger charge is 2.31. The number of hydrogen-bond acceptors (Lipinski definition) is 5. The van der Waals surface area contributed by atoms with Gasteiger partial charge in [0.15, 0.2) is 5.82 Å². The van der Waals surface area contributed by atoms with Crippen LogP contribution in [0.2, 0.25) is 0 Å². The summed E-state index contributed by atoms with van der Waals surface area (Å²) in [5, 5.41) is 0. The van der Waals surface area contributed by atoms with Gasteiger partial charge in [-0.05, 0) is 48.2 Å². The van der Waals surface area contributed by atoms with E-state index in [9.17, 15) is 8.42 Å². The van der Waals surface area contributed by atoms with Crippen LogP contribution in [0.25, 0.3) is 0 Å². The standard InChI is InChI=1S/C16H19BrN4O2S.H2/c1-20(2)13-10-21(11-13)16-15(8-12(17)9-18-16)19-24(22,23)14-6-4-3-5-7-14;/h3-9,13,19H,10-11H2,1-2H3;1H. The third kappa shape index (κ3) is 3.55. The molecule has 130 valence electrons. The zero-order chi connectivity index (χ0) is 17.3. The lowest BCUT2D eigenvalue weighted by molar-refractivity contribution is 0.246. The third-order valence-electron chi connectivity index (χ3n) is 4.02. The summed E-state index contributed by atoms with van der Waals surface area (Å²) in [4.78, 5) is 8.86. The molecular formula is C16H21BrN4O2S. The molecule has 0 unspecified atom stereocenters.